The summed E-state index contributed by atoms with van der Waals surface area (Å²) in [5, 5.41) is 8.98. The summed E-state index contributed by atoms with van der Waals surface area (Å²) in [7, 11) is 0. The monoisotopic (exact) mass is 224 g/mol. The SMILES string of the molecule is CC(C)(C)c1ccc(-c2c[nH]cc2C#N)cc1. The van der Waals surface area contributed by atoms with Crippen molar-refractivity contribution in [1.29, 1.82) is 5.26 Å². The Bertz CT molecular complexity index is 548. The van der Waals surface area contributed by atoms with Crippen LogP contribution in [0.15, 0.2) is 36.7 Å². The van der Waals surface area contributed by atoms with Gasteiger partial charge in [-0.05, 0) is 16.5 Å². The summed E-state index contributed by atoms with van der Waals surface area (Å²) < 4.78 is 0. The van der Waals surface area contributed by atoms with Gasteiger partial charge in [0, 0.05) is 18.0 Å². The second-order valence-corrected chi connectivity index (χ2v) is 5.22. The highest BCUT2D eigenvalue weighted by Gasteiger charge is 2.13. The molecule has 17 heavy (non-hydrogen) atoms. The molecule has 0 aliphatic heterocycles. The zero-order chi connectivity index (χ0) is 12.5. The van der Waals surface area contributed by atoms with Crippen LogP contribution in [0.5, 0.6) is 0 Å². The number of nitrogens with zero attached hydrogens (tertiary/aromatic N) is 1. The third kappa shape index (κ3) is 2.24. The minimum atomic E-state index is 0.161. The van der Waals surface area contributed by atoms with Crippen LogP contribution in [0.2, 0.25) is 0 Å². The van der Waals surface area contributed by atoms with E-state index in [2.05, 4.69) is 56.1 Å². The van der Waals surface area contributed by atoms with Gasteiger partial charge >= 0.3 is 0 Å². The zero-order valence-corrected chi connectivity index (χ0v) is 10.4. The summed E-state index contributed by atoms with van der Waals surface area (Å²) in [6.45, 7) is 6.58. The third-order valence-electron chi connectivity index (χ3n) is 2.93. The number of hydrogen-bond donors (Lipinski definition) is 1. The van der Waals surface area contributed by atoms with Crippen LogP contribution in [0, 0.1) is 11.3 Å². The Balaban J connectivity index is 2.40. The van der Waals surface area contributed by atoms with Crippen molar-refractivity contribution in [2.75, 3.05) is 0 Å². The first kappa shape index (κ1) is 11.5. The van der Waals surface area contributed by atoms with Crippen molar-refractivity contribution in [2.24, 2.45) is 0 Å². The van der Waals surface area contributed by atoms with E-state index >= 15 is 0 Å². The van der Waals surface area contributed by atoms with E-state index in [9.17, 15) is 0 Å². The maximum atomic E-state index is 8.98. The van der Waals surface area contributed by atoms with Crippen LogP contribution in [-0.4, -0.2) is 4.98 Å². The van der Waals surface area contributed by atoms with E-state index in [-0.39, 0.29) is 5.41 Å². The van der Waals surface area contributed by atoms with Gasteiger partial charge in [0.25, 0.3) is 0 Å². The van der Waals surface area contributed by atoms with Crippen LogP contribution < -0.4 is 0 Å². The molecule has 86 valence electrons. The Labute approximate surface area is 102 Å². The molecule has 2 rings (SSSR count). The summed E-state index contributed by atoms with van der Waals surface area (Å²) >= 11 is 0. The fraction of sp³-hybridized carbons (Fsp3) is 0.267. The van der Waals surface area contributed by atoms with Crippen molar-refractivity contribution in [1.82, 2.24) is 4.98 Å². The number of rotatable bonds is 1. The van der Waals surface area contributed by atoms with Crippen LogP contribution >= 0.6 is 0 Å². The molecule has 2 aromatic rings. The predicted molar refractivity (Wildman–Crippen MR) is 69.6 cm³/mol. The van der Waals surface area contributed by atoms with Crippen molar-refractivity contribution >= 4 is 0 Å². The number of benzene rings is 1. The Morgan fingerprint density at radius 3 is 2.24 bits per heavy atom. The smallest absolute Gasteiger partial charge is 0.101 e. The van der Waals surface area contributed by atoms with Crippen LogP contribution in [-0.2, 0) is 5.41 Å². The lowest BCUT2D eigenvalue weighted by Gasteiger charge is -2.19. The van der Waals surface area contributed by atoms with Crippen LogP contribution in [0.4, 0.5) is 0 Å². The number of nitriles is 1. The van der Waals surface area contributed by atoms with Crippen molar-refractivity contribution in [3.8, 4) is 17.2 Å². The molecule has 0 fully saturated rings. The van der Waals surface area contributed by atoms with Gasteiger partial charge in [0.1, 0.15) is 6.07 Å². The molecule has 0 atom stereocenters. The fourth-order valence-corrected chi connectivity index (χ4v) is 1.84. The van der Waals surface area contributed by atoms with E-state index in [4.69, 9.17) is 5.26 Å². The van der Waals surface area contributed by atoms with Gasteiger partial charge in [0.15, 0.2) is 0 Å². The minimum Gasteiger partial charge on any atom is -0.366 e. The summed E-state index contributed by atoms with van der Waals surface area (Å²) in [6, 6.07) is 10.6. The van der Waals surface area contributed by atoms with Crippen LogP contribution in [0.25, 0.3) is 11.1 Å². The molecule has 1 N–H and O–H groups in total. The van der Waals surface area contributed by atoms with Crippen molar-refractivity contribution in [3.63, 3.8) is 0 Å². The summed E-state index contributed by atoms with van der Waals surface area (Å²) in [5.41, 5.74) is 4.20. The maximum Gasteiger partial charge on any atom is 0.101 e. The molecule has 1 aromatic carbocycles. The molecule has 0 unspecified atom stereocenters. The maximum absolute atomic E-state index is 8.98. The van der Waals surface area contributed by atoms with E-state index in [1.54, 1.807) is 6.20 Å². The van der Waals surface area contributed by atoms with Gasteiger partial charge in [-0.2, -0.15) is 5.26 Å². The Morgan fingerprint density at radius 1 is 1.06 bits per heavy atom. The van der Waals surface area contributed by atoms with Crippen molar-refractivity contribution in [2.45, 2.75) is 26.2 Å². The van der Waals surface area contributed by atoms with Gasteiger partial charge in [0.05, 0.1) is 5.56 Å². The van der Waals surface area contributed by atoms with E-state index in [0.717, 1.165) is 11.1 Å². The number of H-pyrrole nitrogens is 1. The van der Waals surface area contributed by atoms with Gasteiger partial charge in [-0.3, -0.25) is 0 Å². The molecule has 0 saturated heterocycles. The second-order valence-electron chi connectivity index (χ2n) is 5.22. The van der Waals surface area contributed by atoms with Gasteiger partial charge in [-0.15, -0.1) is 0 Å². The normalized spacial score (nSPS) is 11.2. The lowest BCUT2D eigenvalue weighted by Crippen LogP contribution is -2.10. The topological polar surface area (TPSA) is 39.6 Å². The van der Waals surface area contributed by atoms with Gasteiger partial charge < -0.3 is 4.98 Å². The lowest BCUT2D eigenvalue weighted by atomic mass is 9.86. The Morgan fingerprint density at radius 2 is 1.71 bits per heavy atom. The Hall–Kier alpha value is -2.01. The van der Waals surface area contributed by atoms with Crippen molar-refractivity contribution in [3.05, 3.63) is 47.8 Å². The predicted octanol–water partition coefficient (Wildman–Crippen LogP) is 3.85. The molecule has 0 spiro atoms. The van der Waals surface area contributed by atoms with Gasteiger partial charge in [-0.1, -0.05) is 45.0 Å². The first-order valence-corrected chi connectivity index (χ1v) is 5.70. The molecule has 0 bridgehead atoms. The summed E-state index contributed by atoms with van der Waals surface area (Å²) in [5.74, 6) is 0. The average Bonchev–Trinajstić information content (AvgIpc) is 2.76. The molecule has 0 aliphatic rings. The molecular formula is C15H16N2. The highest BCUT2D eigenvalue weighted by molar-refractivity contribution is 5.70. The van der Waals surface area contributed by atoms with Gasteiger partial charge in [0.2, 0.25) is 0 Å². The molecule has 0 radical (unpaired) electrons. The highest BCUT2D eigenvalue weighted by atomic mass is 14.6. The molecule has 2 heteroatoms. The van der Waals surface area contributed by atoms with Crippen LogP contribution in [0.3, 0.4) is 0 Å². The standard InChI is InChI=1S/C15H16N2/c1-15(2,3)13-6-4-11(5-7-13)14-10-17-9-12(14)8-16/h4-7,9-10,17H,1-3H3. The minimum absolute atomic E-state index is 0.161. The van der Waals surface area contributed by atoms with Crippen molar-refractivity contribution < 1.29 is 0 Å². The number of aromatic nitrogens is 1. The number of nitrogens with one attached hydrogen (secondary N) is 1. The molecule has 1 heterocycles. The third-order valence-corrected chi connectivity index (χ3v) is 2.93. The molecule has 0 aliphatic carbocycles. The summed E-state index contributed by atoms with van der Waals surface area (Å²) in [6.07, 6.45) is 3.59. The van der Waals surface area contributed by atoms with E-state index in [1.807, 2.05) is 6.20 Å². The molecule has 2 nitrogen and oxygen atoms in total. The van der Waals surface area contributed by atoms with Gasteiger partial charge in [-0.25, -0.2) is 0 Å². The highest BCUT2D eigenvalue weighted by Crippen LogP contribution is 2.27. The van der Waals surface area contributed by atoms with E-state index in [1.165, 1.54) is 5.56 Å². The number of hydrogen-bond acceptors (Lipinski definition) is 1. The second kappa shape index (κ2) is 4.10. The molecule has 0 saturated carbocycles. The average molecular weight is 224 g/mol. The molecule has 0 amide bonds. The number of aromatic amines is 1. The first-order valence-electron chi connectivity index (χ1n) is 5.70. The summed E-state index contributed by atoms with van der Waals surface area (Å²) in [4.78, 5) is 2.97. The largest absolute Gasteiger partial charge is 0.366 e. The zero-order valence-electron chi connectivity index (χ0n) is 10.4. The first-order chi connectivity index (χ1) is 8.02. The van der Waals surface area contributed by atoms with E-state index in [0.29, 0.717) is 5.56 Å². The van der Waals surface area contributed by atoms with Crippen LogP contribution in [0.1, 0.15) is 31.9 Å². The lowest BCUT2D eigenvalue weighted by molar-refractivity contribution is 0.590. The molecular weight excluding hydrogens is 208 g/mol. The van der Waals surface area contributed by atoms with E-state index < -0.39 is 0 Å². The molecule has 1 aromatic heterocycles. The Kier molecular flexibility index (Phi) is 2.77. The quantitative estimate of drug-likeness (QED) is 0.785. The fourth-order valence-electron chi connectivity index (χ4n) is 1.84.